The maximum absolute atomic E-state index is 2.54. The SMILES string of the molecule is CCCCCCC(C)(CCC)C(C)CCCC. The van der Waals surface area contributed by atoms with Gasteiger partial charge in [0.05, 0.1) is 0 Å². The Labute approximate surface area is 111 Å². The third-order valence-electron chi connectivity index (χ3n) is 4.60. The monoisotopic (exact) mass is 240 g/mol. The van der Waals surface area contributed by atoms with E-state index in [0.717, 1.165) is 5.92 Å². The lowest BCUT2D eigenvalue weighted by atomic mass is 9.69. The molecule has 0 amide bonds. The van der Waals surface area contributed by atoms with Gasteiger partial charge in [-0.1, -0.05) is 86.0 Å². The summed E-state index contributed by atoms with van der Waals surface area (Å²) in [6.45, 7) is 12.0. The van der Waals surface area contributed by atoms with Gasteiger partial charge in [-0.25, -0.2) is 0 Å². The van der Waals surface area contributed by atoms with Crippen LogP contribution in [0, 0.1) is 11.3 Å². The van der Waals surface area contributed by atoms with E-state index in [9.17, 15) is 0 Å². The zero-order valence-corrected chi connectivity index (χ0v) is 13.1. The molecule has 0 saturated heterocycles. The van der Waals surface area contributed by atoms with E-state index in [0.29, 0.717) is 5.41 Å². The van der Waals surface area contributed by atoms with Gasteiger partial charge < -0.3 is 0 Å². The van der Waals surface area contributed by atoms with Crippen LogP contribution < -0.4 is 0 Å². The third kappa shape index (κ3) is 7.11. The summed E-state index contributed by atoms with van der Waals surface area (Å²) in [5, 5.41) is 0. The maximum Gasteiger partial charge on any atom is -0.0300 e. The van der Waals surface area contributed by atoms with E-state index in [1.54, 1.807) is 0 Å². The van der Waals surface area contributed by atoms with Crippen LogP contribution >= 0.6 is 0 Å². The van der Waals surface area contributed by atoms with Crippen molar-refractivity contribution in [2.75, 3.05) is 0 Å². The van der Waals surface area contributed by atoms with Gasteiger partial charge in [-0.3, -0.25) is 0 Å². The van der Waals surface area contributed by atoms with Crippen molar-refractivity contribution >= 4 is 0 Å². The van der Waals surface area contributed by atoms with E-state index >= 15 is 0 Å². The number of rotatable bonds is 11. The lowest BCUT2D eigenvalue weighted by molar-refractivity contribution is 0.148. The molecule has 0 bridgehead atoms. The minimum atomic E-state index is 0.609. The van der Waals surface area contributed by atoms with E-state index < -0.39 is 0 Å². The van der Waals surface area contributed by atoms with Crippen molar-refractivity contribution in [3.8, 4) is 0 Å². The topological polar surface area (TPSA) is 0 Å². The van der Waals surface area contributed by atoms with Crippen LogP contribution in [0.25, 0.3) is 0 Å². The van der Waals surface area contributed by atoms with Gasteiger partial charge in [-0.15, -0.1) is 0 Å². The normalized spacial score (nSPS) is 16.8. The van der Waals surface area contributed by atoms with Crippen molar-refractivity contribution in [1.82, 2.24) is 0 Å². The van der Waals surface area contributed by atoms with E-state index in [1.165, 1.54) is 64.2 Å². The van der Waals surface area contributed by atoms with Gasteiger partial charge in [0.25, 0.3) is 0 Å². The molecule has 0 aliphatic rings. The molecule has 0 rings (SSSR count). The molecule has 0 spiro atoms. The van der Waals surface area contributed by atoms with Crippen molar-refractivity contribution in [3.63, 3.8) is 0 Å². The predicted octanol–water partition coefficient (Wildman–Crippen LogP) is 6.59. The highest BCUT2D eigenvalue weighted by Gasteiger charge is 2.28. The van der Waals surface area contributed by atoms with Gasteiger partial charge in [0.15, 0.2) is 0 Å². The summed E-state index contributed by atoms with van der Waals surface area (Å²) in [7, 11) is 0. The molecule has 0 heterocycles. The summed E-state index contributed by atoms with van der Waals surface area (Å²) >= 11 is 0. The van der Waals surface area contributed by atoms with Gasteiger partial charge in [0.1, 0.15) is 0 Å². The molecule has 0 aliphatic heterocycles. The fraction of sp³-hybridized carbons (Fsp3) is 1.00. The first kappa shape index (κ1) is 17.0. The van der Waals surface area contributed by atoms with Crippen LogP contribution in [-0.4, -0.2) is 0 Å². The molecule has 0 saturated carbocycles. The van der Waals surface area contributed by atoms with Gasteiger partial charge in [0.2, 0.25) is 0 Å². The molecule has 0 aromatic heterocycles. The van der Waals surface area contributed by atoms with Crippen LogP contribution in [0.3, 0.4) is 0 Å². The number of unbranched alkanes of at least 4 members (excludes halogenated alkanes) is 4. The summed E-state index contributed by atoms with van der Waals surface area (Å²) in [5.41, 5.74) is 0.609. The van der Waals surface area contributed by atoms with Gasteiger partial charge in [-0.2, -0.15) is 0 Å². The fourth-order valence-electron chi connectivity index (χ4n) is 3.00. The maximum atomic E-state index is 2.54. The minimum Gasteiger partial charge on any atom is -0.0654 e. The molecule has 0 heteroatoms. The second-order valence-corrected chi connectivity index (χ2v) is 6.26. The van der Waals surface area contributed by atoms with Crippen molar-refractivity contribution in [3.05, 3.63) is 0 Å². The molecule has 0 aliphatic carbocycles. The molecule has 0 N–H and O–H groups in total. The minimum absolute atomic E-state index is 0.609. The molecule has 2 unspecified atom stereocenters. The molecule has 0 fully saturated rings. The zero-order chi connectivity index (χ0) is 13.1. The summed E-state index contributed by atoms with van der Waals surface area (Å²) in [6, 6.07) is 0. The van der Waals surface area contributed by atoms with Gasteiger partial charge >= 0.3 is 0 Å². The Morgan fingerprint density at radius 1 is 0.765 bits per heavy atom. The highest BCUT2D eigenvalue weighted by Crippen LogP contribution is 2.40. The van der Waals surface area contributed by atoms with Gasteiger partial charge in [0, 0.05) is 0 Å². The Morgan fingerprint density at radius 3 is 1.94 bits per heavy atom. The first-order valence-electron chi connectivity index (χ1n) is 8.10. The molecule has 104 valence electrons. The molecular formula is C17H36. The van der Waals surface area contributed by atoms with Crippen LogP contribution in [0.2, 0.25) is 0 Å². The molecule has 0 radical (unpaired) electrons. The zero-order valence-electron chi connectivity index (χ0n) is 13.1. The molecule has 2 atom stereocenters. The van der Waals surface area contributed by atoms with Crippen molar-refractivity contribution in [2.45, 2.75) is 98.8 Å². The van der Waals surface area contributed by atoms with Crippen LogP contribution in [0.1, 0.15) is 98.8 Å². The first-order valence-corrected chi connectivity index (χ1v) is 8.10. The largest absolute Gasteiger partial charge is 0.0654 e. The van der Waals surface area contributed by atoms with Crippen LogP contribution in [0.15, 0.2) is 0 Å². The standard InChI is InChI=1S/C17H36/c1-6-9-11-12-15-17(5,14-8-3)16(4)13-10-7-2/h16H,6-15H2,1-5H3. The van der Waals surface area contributed by atoms with E-state index in [1.807, 2.05) is 0 Å². The molecule has 0 aromatic carbocycles. The highest BCUT2D eigenvalue weighted by atomic mass is 14.3. The average Bonchev–Trinajstić information content (AvgIpc) is 2.32. The quantitative estimate of drug-likeness (QED) is 0.357. The van der Waals surface area contributed by atoms with Crippen LogP contribution in [0.4, 0.5) is 0 Å². The Bertz CT molecular complexity index is 161. The summed E-state index contributed by atoms with van der Waals surface area (Å²) in [4.78, 5) is 0. The second-order valence-electron chi connectivity index (χ2n) is 6.26. The predicted molar refractivity (Wildman–Crippen MR) is 80.5 cm³/mol. The average molecular weight is 240 g/mol. The first-order chi connectivity index (χ1) is 8.10. The Balaban J connectivity index is 4.12. The summed E-state index contributed by atoms with van der Waals surface area (Å²) in [5.74, 6) is 0.907. The molecule has 0 aromatic rings. The molecule has 17 heavy (non-hydrogen) atoms. The Kier molecular flexibility index (Phi) is 9.97. The fourth-order valence-corrected chi connectivity index (χ4v) is 3.00. The lowest BCUT2D eigenvalue weighted by Gasteiger charge is -2.36. The smallest absolute Gasteiger partial charge is 0.0300 e. The summed E-state index contributed by atoms with van der Waals surface area (Å²) in [6.07, 6.45) is 14.1. The van der Waals surface area contributed by atoms with Crippen LogP contribution in [0.5, 0.6) is 0 Å². The van der Waals surface area contributed by atoms with Crippen molar-refractivity contribution in [1.29, 1.82) is 0 Å². The summed E-state index contributed by atoms with van der Waals surface area (Å²) < 4.78 is 0. The third-order valence-corrected chi connectivity index (χ3v) is 4.60. The second kappa shape index (κ2) is 9.97. The highest BCUT2D eigenvalue weighted by molar-refractivity contribution is 4.79. The van der Waals surface area contributed by atoms with Crippen molar-refractivity contribution in [2.24, 2.45) is 11.3 Å². The number of hydrogen-bond donors (Lipinski definition) is 0. The van der Waals surface area contributed by atoms with Gasteiger partial charge in [-0.05, 0) is 24.2 Å². The lowest BCUT2D eigenvalue weighted by Crippen LogP contribution is -2.25. The van der Waals surface area contributed by atoms with E-state index in [-0.39, 0.29) is 0 Å². The number of hydrogen-bond acceptors (Lipinski definition) is 0. The van der Waals surface area contributed by atoms with E-state index in [4.69, 9.17) is 0 Å². The van der Waals surface area contributed by atoms with Crippen LogP contribution in [-0.2, 0) is 0 Å². The Morgan fingerprint density at radius 2 is 1.41 bits per heavy atom. The van der Waals surface area contributed by atoms with E-state index in [2.05, 4.69) is 34.6 Å². The molecular weight excluding hydrogens is 204 g/mol. The van der Waals surface area contributed by atoms with Crippen molar-refractivity contribution < 1.29 is 0 Å². The Hall–Kier alpha value is 0. The molecule has 0 nitrogen and oxygen atoms in total.